The van der Waals surface area contributed by atoms with Crippen LogP contribution in [-0.4, -0.2) is 52.3 Å². The van der Waals surface area contributed by atoms with E-state index in [0.717, 1.165) is 44.4 Å². The molecule has 0 saturated heterocycles. The molecule has 0 fully saturated rings. The van der Waals surface area contributed by atoms with Gasteiger partial charge >= 0.3 is 19.8 Å². The number of carbonyl (C=O) groups is 2. The number of phosphoric acid groups is 1. The highest BCUT2D eigenvalue weighted by molar-refractivity contribution is 7.46. The fourth-order valence-electron chi connectivity index (χ4n) is 5.37. The average molecular weight is 741 g/mol. The van der Waals surface area contributed by atoms with Crippen LogP contribution in [0.4, 0.5) is 0 Å². The lowest BCUT2D eigenvalue weighted by molar-refractivity contribution is -0.161. The van der Waals surface area contributed by atoms with Gasteiger partial charge in [0.1, 0.15) is 6.61 Å². The largest absolute Gasteiger partial charge is 0.469 e. The van der Waals surface area contributed by atoms with E-state index in [1.165, 1.54) is 77.0 Å². The Balaban J connectivity index is 4.15. The lowest BCUT2D eigenvalue weighted by Crippen LogP contribution is -2.29. The first-order valence-electron chi connectivity index (χ1n) is 19.9. The summed E-state index contributed by atoms with van der Waals surface area (Å²) in [5.41, 5.74) is 0. The van der Waals surface area contributed by atoms with Gasteiger partial charge in [-0.25, -0.2) is 4.57 Å². The van der Waals surface area contributed by atoms with E-state index in [9.17, 15) is 19.3 Å². The minimum absolute atomic E-state index is 0.0387. The number of carbonyl (C=O) groups excluding carboxylic acids is 2. The number of allylic oxidation sites excluding steroid dienone is 7. The van der Waals surface area contributed by atoms with E-state index in [1.54, 1.807) is 12.2 Å². The Morgan fingerprint density at radius 1 is 0.647 bits per heavy atom. The van der Waals surface area contributed by atoms with Crippen molar-refractivity contribution in [1.82, 2.24) is 0 Å². The summed E-state index contributed by atoms with van der Waals surface area (Å²) in [7, 11) is -4.80. The van der Waals surface area contributed by atoms with Crippen LogP contribution >= 0.6 is 7.82 Å². The number of aliphatic hydroxyl groups is 1. The molecule has 0 aromatic heterocycles. The first-order valence-corrected chi connectivity index (χ1v) is 21.4. The summed E-state index contributed by atoms with van der Waals surface area (Å²) in [5, 5.41) is 10.2. The molecule has 0 heterocycles. The molecule has 0 radical (unpaired) electrons. The molecule has 0 bridgehead atoms. The van der Waals surface area contributed by atoms with E-state index in [2.05, 4.69) is 49.6 Å². The van der Waals surface area contributed by atoms with Crippen LogP contribution in [0, 0.1) is 5.92 Å². The molecule has 0 aliphatic rings. The Hall–Kier alpha value is -2.03. The summed E-state index contributed by atoms with van der Waals surface area (Å²) in [6, 6.07) is 0. The zero-order chi connectivity index (χ0) is 37.8. The van der Waals surface area contributed by atoms with Crippen LogP contribution < -0.4 is 0 Å². The second kappa shape index (κ2) is 35.0. The van der Waals surface area contributed by atoms with Crippen LogP contribution in [0.15, 0.2) is 48.6 Å². The van der Waals surface area contributed by atoms with Crippen LogP contribution in [0.5, 0.6) is 0 Å². The quantitative estimate of drug-likeness (QED) is 0.0190. The van der Waals surface area contributed by atoms with E-state index in [4.69, 9.17) is 19.3 Å². The van der Waals surface area contributed by atoms with Gasteiger partial charge in [-0.05, 0) is 50.9 Å². The van der Waals surface area contributed by atoms with Gasteiger partial charge in [0.25, 0.3) is 0 Å². The molecule has 0 unspecified atom stereocenters. The smallest absolute Gasteiger partial charge is 0.462 e. The maximum Gasteiger partial charge on any atom is 0.469 e. The van der Waals surface area contributed by atoms with Gasteiger partial charge in [-0.3, -0.25) is 14.1 Å². The van der Waals surface area contributed by atoms with Crippen molar-refractivity contribution >= 4 is 19.8 Å². The van der Waals surface area contributed by atoms with Crippen molar-refractivity contribution in [3.8, 4) is 0 Å². The molecular weight excluding hydrogens is 667 g/mol. The third-order valence-electron chi connectivity index (χ3n) is 8.38. The van der Waals surface area contributed by atoms with Gasteiger partial charge in [-0.15, -0.1) is 0 Å². The fraction of sp³-hybridized carbons (Fsp3) is 0.756. The molecule has 0 amide bonds. The van der Waals surface area contributed by atoms with E-state index in [-0.39, 0.29) is 19.4 Å². The van der Waals surface area contributed by atoms with Crippen LogP contribution in [0.3, 0.4) is 0 Å². The van der Waals surface area contributed by atoms with Gasteiger partial charge in [0.15, 0.2) is 6.10 Å². The summed E-state index contributed by atoms with van der Waals surface area (Å²) < 4.78 is 26.2. The number of hydrogen-bond donors (Lipinski definition) is 3. The normalized spacial score (nSPS) is 13.7. The standard InChI is InChI=1S/C41H73O9P/c1-4-5-6-7-8-9-10-11-15-18-21-24-27-31-38(42)32-29-34-40(43)48-35-39(36-49-51(45,46)47)50-41(44)33-28-25-22-19-16-13-12-14-17-20-23-26-30-37(2)3/h8-9,11,15,21,24,27,31,37-39,42H,4-7,10,12-14,16-20,22-23,25-26,28-30,32-36H2,1-3H3,(H2,45,46,47)/b9-8-,15-11-,24-21-,31-27+/t38-,39-/m1/s1. The van der Waals surface area contributed by atoms with Gasteiger partial charge in [0.2, 0.25) is 0 Å². The highest BCUT2D eigenvalue weighted by atomic mass is 31.2. The van der Waals surface area contributed by atoms with Gasteiger partial charge in [0, 0.05) is 12.8 Å². The predicted octanol–water partition coefficient (Wildman–Crippen LogP) is 10.8. The van der Waals surface area contributed by atoms with E-state index in [0.29, 0.717) is 19.3 Å². The molecule has 3 N–H and O–H groups in total. The monoisotopic (exact) mass is 740 g/mol. The maximum absolute atomic E-state index is 12.4. The number of rotatable bonds is 35. The third kappa shape index (κ3) is 39.0. The molecule has 2 atom stereocenters. The predicted molar refractivity (Wildman–Crippen MR) is 208 cm³/mol. The molecule has 51 heavy (non-hydrogen) atoms. The molecule has 0 aromatic carbocycles. The number of ether oxygens (including phenoxy) is 2. The molecule has 0 saturated carbocycles. The molecule has 9 nitrogen and oxygen atoms in total. The number of unbranched alkanes of at least 4 members (excludes halogenated alkanes) is 14. The Bertz CT molecular complexity index is 999. The highest BCUT2D eigenvalue weighted by Crippen LogP contribution is 2.36. The third-order valence-corrected chi connectivity index (χ3v) is 8.87. The minimum Gasteiger partial charge on any atom is -0.462 e. The van der Waals surface area contributed by atoms with Crippen molar-refractivity contribution in [3.63, 3.8) is 0 Å². The van der Waals surface area contributed by atoms with E-state index in [1.807, 2.05) is 12.2 Å². The van der Waals surface area contributed by atoms with Crippen molar-refractivity contribution < 1.29 is 43.0 Å². The number of hydrogen-bond acceptors (Lipinski definition) is 7. The van der Waals surface area contributed by atoms with Crippen LogP contribution in [-0.2, 0) is 28.2 Å². The summed E-state index contributed by atoms with van der Waals surface area (Å²) in [6.45, 7) is 5.80. The molecule has 0 spiro atoms. The highest BCUT2D eigenvalue weighted by Gasteiger charge is 2.23. The van der Waals surface area contributed by atoms with Gasteiger partial charge in [-0.1, -0.05) is 159 Å². The molecule has 0 aliphatic carbocycles. The molecular formula is C41H73O9P. The molecule has 0 rings (SSSR count). The Morgan fingerprint density at radius 2 is 1.22 bits per heavy atom. The number of phosphoric ester groups is 1. The second-order valence-corrected chi connectivity index (χ2v) is 15.2. The van der Waals surface area contributed by atoms with Crippen LogP contribution in [0.1, 0.15) is 168 Å². The van der Waals surface area contributed by atoms with Crippen molar-refractivity contribution in [2.75, 3.05) is 13.2 Å². The average Bonchev–Trinajstić information content (AvgIpc) is 3.07. The van der Waals surface area contributed by atoms with Gasteiger partial charge in [0.05, 0.1) is 12.7 Å². The van der Waals surface area contributed by atoms with E-state index >= 15 is 0 Å². The molecule has 296 valence electrons. The van der Waals surface area contributed by atoms with E-state index < -0.39 is 38.6 Å². The lowest BCUT2D eigenvalue weighted by Gasteiger charge is -2.18. The first kappa shape index (κ1) is 49.0. The Morgan fingerprint density at radius 3 is 1.82 bits per heavy atom. The number of aliphatic hydroxyl groups excluding tert-OH is 1. The summed E-state index contributed by atoms with van der Waals surface area (Å²) in [4.78, 5) is 42.8. The van der Waals surface area contributed by atoms with Gasteiger partial charge in [-0.2, -0.15) is 0 Å². The minimum atomic E-state index is -4.80. The van der Waals surface area contributed by atoms with Crippen LogP contribution in [0.2, 0.25) is 0 Å². The SMILES string of the molecule is CCCCC/C=C\C/C=C\C/C=C\C=C\[C@@H](O)CCCC(=O)OC[C@H](COP(=O)(O)O)OC(=O)CCCCCCCCCCCCCCC(C)C. The van der Waals surface area contributed by atoms with Crippen molar-refractivity contribution in [2.24, 2.45) is 5.92 Å². The maximum atomic E-state index is 12.4. The van der Waals surface area contributed by atoms with Crippen molar-refractivity contribution in [3.05, 3.63) is 48.6 Å². The Kier molecular flexibility index (Phi) is 33.6. The topological polar surface area (TPSA) is 140 Å². The van der Waals surface area contributed by atoms with Crippen LogP contribution in [0.25, 0.3) is 0 Å². The fourth-order valence-corrected chi connectivity index (χ4v) is 5.73. The second-order valence-electron chi connectivity index (χ2n) is 13.9. The van der Waals surface area contributed by atoms with Crippen molar-refractivity contribution in [2.45, 2.75) is 181 Å². The molecule has 10 heteroatoms. The molecule has 0 aromatic rings. The zero-order valence-corrected chi connectivity index (χ0v) is 33.2. The summed E-state index contributed by atoms with van der Waals surface area (Å²) >= 11 is 0. The first-order chi connectivity index (χ1) is 24.5. The lowest BCUT2D eigenvalue weighted by atomic mass is 10.0. The van der Waals surface area contributed by atoms with Crippen molar-refractivity contribution in [1.29, 1.82) is 0 Å². The molecule has 0 aliphatic heterocycles. The summed E-state index contributed by atoms with van der Waals surface area (Å²) in [5.74, 6) is -0.281. The summed E-state index contributed by atoms with van der Waals surface area (Å²) in [6.07, 6.45) is 37.3. The van der Waals surface area contributed by atoms with Gasteiger partial charge < -0.3 is 24.4 Å². The number of esters is 2. The Labute approximate surface area is 310 Å². The zero-order valence-electron chi connectivity index (χ0n) is 32.3.